The van der Waals surface area contributed by atoms with Gasteiger partial charge >= 0.3 is 5.97 Å². The molecule has 2 aromatic carbocycles. The van der Waals surface area contributed by atoms with Crippen molar-refractivity contribution in [3.63, 3.8) is 0 Å². The summed E-state index contributed by atoms with van der Waals surface area (Å²) in [6.45, 7) is 3.30. The van der Waals surface area contributed by atoms with Crippen LogP contribution in [-0.2, 0) is 21.4 Å². The van der Waals surface area contributed by atoms with Crippen molar-refractivity contribution in [1.82, 2.24) is 4.31 Å². The first kappa shape index (κ1) is 18.6. The Labute approximate surface area is 154 Å². The third kappa shape index (κ3) is 4.31. The highest BCUT2D eigenvalue weighted by molar-refractivity contribution is 7.89. The molecule has 26 heavy (non-hydrogen) atoms. The van der Waals surface area contributed by atoms with Crippen LogP contribution in [0.5, 0.6) is 0 Å². The Morgan fingerprint density at radius 2 is 1.58 bits per heavy atom. The van der Waals surface area contributed by atoms with E-state index in [1.54, 1.807) is 0 Å². The summed E-state index contributed by atoms with van der Waals surface area (Å²) in [6.07, 6.45) is 2.85. The average molecular weight is 373 g/mol. The van der Waals surface area contributed by atoms with E-state index in [1.807, 2.05) is 31.2 Å². The Bertz CT molecular complexity index is 852. The molecule has 0 radical (unpaired) electrons. The molecule has 0 amide bonds. The largest absolute Gasteiger partial charge is 0.457 e. The fraction of sp³-hybridized carbons (Fsp3) is 0.350. The molecule has 0 spiro atoms. The number of sulfonamides is 1. The number of nitrogens with zero attached hydrogens (tertiary/aromatic N) is 1. The van der Waals surface area contributed by atoms with Gasteiger partial charge in [0.25, 0.3) is 0 Å². The molecular formula is C20H23NO4S. The van der Waals surface area contributed by atoms with Gasteiger partial charge in [-0.25, -0.2) is 13.2 Å². The van der Waals surface area contributed by atoms with Crippen molar-refractivity contribution in [1.29, 1.82) is 0 Å². The van der Waals surface area contributed by atoms with Gasteiger partial charge in [-0.3, -0.25) is 0 Å². The van der Waals surface area contributed by atoms with Crippen molar-refractivity contribution in [2.75, 3.05) is 13.1 Å². The van der Waals surface area contributed by atoms with E-state index in [9.17, 15) is 13.2 Å². The Morgan fingerprint density at radius 1 is 0.962 bits per heavy atom. The summed E-state index contributed by atoms with van der Waals surface area (Å²) < 4.78 is 32.0. The standard InChI is InChI=1S/C20H23NO4S/c1-16-5-7-17(8-6-16)15-25-20(22)18-9-11-19(12-10-18)26(23,24)21-13-3-2-4-14-21/h5-12H,2-4,13-15H2,1H3. The van der Waals surface area contributed by atoms with Crippen molar-refractivity contribution in [3.05, 3.63) is 65.2 Å². The second-order valence-corrected chi connectivity index (χ2v) is 8.49. The van der Waals surface area contributed by atoms with Crippen LogP contribution < -0.4 is 0 Å². The lowest BCUT2D eigenvalue weighted by molar-refractivity contribution is 0.0472. The van der Waals surface area contributed by atoms with Gasteiger partial charge in [-0.1, -0.05) is 36.2 Å². The van der Waals surface area contributed by atoms with Crippen molar-refractivity contribution < 1.29 is 17.9 Å². The van der Waals surface area contributed by atoms with Crippen LogP contribution in [0.2, 0.25) is 0 Å². The van der Waals surface area contributed by atoms with E-state index < -0.39 is 16.0 Å². The molecule has 1 heterocycles. The Morgan fingerprint density at radius 3 is 2.19 bits per heavy atom. The van der Waals surface area contributed by atoms with Crippen LogP contribution in [0.15, 0.2) is 53.4 Å². The van der Waals surface area contributed by atoms with Gasteiger partial charge in [0.15, 0.2) is 0 Å². The Kier molecular flexibility index (Phi) is 5.74. The maximum Gasteiger partial charge on any atom is 0.338 e. The second-order valence-electron chi connectivity index (χ2n) is 6.55. The zero-order valence-corrected chi connectivity index (χ0v) is 15.7. The lowest BCUT2D eigenvalue weighted by Gasteiger charge is -2.25. The van der Waals surface area contributed by atoms with E-state index in [4.69, 9.17) is 4.74 Å². The summed E-state index contributed by atoms with van der Waals surface area (Å²) in [6, 6.07) is 13.7. The summed E-state index contributed by atoms with van der Waals surface area (Å²) in [4.78, 5) is 12.4. The molecule has 0 aliphatic carbocycles. The highest BCUT2D eigenvalue weighted by Gasteiger charge is 2.26. The minimum absolute atomic E-state index is 0.187. The zero-order chi connectivity index (χ0) is 18.6. The minimum Gasteiger partial charge on any atom is -0.457 e. The van der Waals surface area contributed by atoms with Gasteiger partial charge in [0, 0.05) is 13.1 Å². The highest BCUT2D eigenvalue weighted by Crippen LogP contribution is 2.21. The Hall–Kier alpha value is -2.18. The fourth-order valence-corrected chi connectivity index (χ4v) is 4.45. The predicted octanol–water partition coefficient (Wildman–Crippen LogP) is 3.53. The molecule has 0 aromatic heterocycles. The molecule has 138 valence electrons. The molecule has 1 fully saturated rings. The van der Waals surface area contributed by atoms with Gasteiger partial charge in [0.05, 0.1) is 10.5 Å². The van der Waals surface area contributed by atoms with Crippen LogP contribution >= 0.6 is 0 Å². The number of esters is 1. The lowest BCUT2D eigenvalue weighted by Crippen LogP contribution is -2.35. The summed E-state index contributed by atoms with van der Waals surface area (Å²) in [5.74, 6) is -0.465. The van der Waals surface area contributed by atoms with E-state index in [2.05, 4.69) is 0 Å². The van der Waals surface area contributed by atoms with E-state index in [-0.39, 0.29) is 11.5 Å². The van der Waals surface area contributed by atoms with Gasteiger partial charge in [-0.05, 0) is 49.6 Å². The maximum absolute atomic E-state index is 12.6. The number of carbonyl (C=O) groups excluding carboxylic acids is 1. The number of hydrogen-bond donors (Lipinski definition) is 0. The molecule has 6 heteroatoms. The normalized spacial score (nSPS) is 15.6. The molecule has 0 unspecified atom stereocenters. The van der Waals surface area contributed by atoms with E-state index in [1.165, 1.54) is 28.6 Å². The molecule has 0 atom stereocenters. The van der Waals surface area contributed by atoms with Crippen molar-refractivity contribution >= 4 is 16.0 Å². The first-order valence-corrected chi connectivity index (χ1v) is 10.2. The molecular weight excluding hydrogens is 350 g/mol. The number of hydrogen-bond acceptors (Lipinski definition) is 4. The van der Waals surface area contributed by atoms with Crippen molar-refractivity contribution in [2.24, 2.45) is 0 Å². The van der Waals surface area contributed by atoms with Crippen LogP contribution in [0, 0.1) is 6.92 Å². The fourth-order valence-electron chi connectivity index (χ4n) is 2.93. The number of rotatable bonds is 5. The third-order valence-corrected chi connectivity index (χ3v) is 6.45. The number of carbonyl (C=O) groups is 1. The zero-order valence-electron chi connectivity index (χ0n) is 14.8. The molecule has 0 N–H and O–H groups in total. The van der Waals surface area contributed by atoms with Gasteiger partial charge in [-0.15, -0.1) is 0 Å². The van der Waals surface area contributed by atoms with Crippen LogP contribution in [-0.4, -0.2) is 31.8 Å². The van der Waals surface area contributed by atoms with Crippen LogP contribution in [0.4, 0.5) is 0 Å². The Balaban J connectivity index is 1.64. The highest BCUT2D eigenvalue weighted by atomic mass is 32.2. The molecule has 2 aromatic rings. The molecule has 0 bridgehead atoms. The second kappa shape index (κ2) is 8.01. The van der Waals surface area contributed by atoms with Crippen molar-refractivity contribution in [2.45, 2.75) is 37.7 Å². The number of ether oxygens (including phenoxy) is 1. The van der Waals surface area contributed by atoms with Gasteiger partial charge in [0.2, 0.25) is 10.0 Å². The quantitative estimate of drug-likeness (QED) is 0.752. The summed E-state index contributed by atoms with van der Waals surface area (Å²) in [5.41, 5.74) is 2.40. The van der Waals surface area contributed by atoms with Crippen molar-refractivity contribution in [3.8, 4) is 0 Å². The molecule has 3 rings (SSSR count). The molecule has 1 aliphatic heterocycles. The number of piperidine rings is 1. The number of aryl methyl sites for hydroxylation is 1. The molecule has 5 nitrogen and oxygen atoms in total. The van der Waals surface area contributed by atoms with E-state index >= 15 is 0 Å². The van der Waals surface area contributed by atoms with Crippen LogP contribution in [0.3, 0.4) is 0 Å². The van der Waals surface area contributed by atoms with Gasteiger partial charge in [0.1, 0.15) is 6.61 Å². The van der Waals surface area contributed by atoms with E-state index in [0.717, 1.165) is 30.4 Å². The predicted molar refractivity (Wildman–Crippen MR) is 99.4 cm³/mol. The average Bonchev–Trinajstić information content (AvgIpc) is 2.68. The van der Waals surface area contributed by atoms with Gasteiger partial charge in [-0.2, -0.15) is 4.31 Å². The molecule has 0 saturated carbocycles. The minimum atomic E-state index is -3.48. The first-order valence-electron chi connectivity index (χ1n) is 8.80. The smallest absolute Gasteiger partial charge is 0.338 e. The lowest BCUT2D eigenvalue weighted by atomic mass is 10.2. The van der Waals surface area contributed by atoms with E-state index in [0.29, 0.717) is 18.7 Å². The molecule has 1 aliphatic rings. The first-order chi connectivity index (χ1) is 12.5. The monoisotopic (exact) mass is 373 g/mol. The summed E-state index contributed by atoms with van der Waals surface area (Å²) in [7, 11) is -3.48. The SMILES string of the molecule is Cc1ccc(COC(=O)c2ccc(S(=O)(=O)N3CCCCC3)cc2)cc1. The molecule has 1 saturated heterocycles. The van der Waals surface area contributed by atoms with Crippen LogP contribution in [0.1, 0.15) is 40.7 Å². The summed E-state index contributed by atoms with van der Waals surface area (Å²) in [5, 5.41) is 0. The number of benzene rings is 2. The maximum atomic E-state index is 12.6. The summed E-state index contributed by atoms with van der Waals surface area (Å²) >= 11 is 0. The van der Waals surface area contributed by atoms with Crippen LogP contribution in [0.25, 0.3) is 0 Å². The third-order valence-electron chi connectivity index (χ3n) is 4.53. The topological polar surface area (TPSA) is 63.7 Å². The van der Waals surface area contributed by atoms with Gasteiger partial charge < -0.3 is 4.74 Å².